The van der Waals surface area contributed by atoms with Gasteiger partial charge in [-0.15, -0.1) is 11.8 Å². The van der Waals surface area contributed by atoms with Crippen molar-refractivity contribution in [3.05, 3.63) is 65.0 Å². The maximum Gasteiger partial charge on any atom is 0.126 e. The van der Waals surface area contributed by atoms with Crippen LogP contribution < -0.4 is 5.32 Å². The topological polar surface area (TPSA) is 12.0 Å². The average molecular weight is 303 g/mol. The van der Waals surface area contributed by atoms with Gasteiger partial charge in [0.15, 0.2) is 0 Å². The number of aryl methyl sites for hydroxylation is 1. The molecule has 1 nitrogen and oxygen atoms in total. The molecule has 0 heterocycles. The molecule has 1 unspecified atom stereocenters. The van der Waals surface area contributed by atoms with Gasteiger partial charge in [0.25, 0.3) is 0 Å². The van der Waals surface area contributed by atoms with Crippen molar-refractivity contribution in [3.63, 3.8) is 0 Å². The Hall–Kier alpha value is -1.32. The second-order valence-corrected chi connectivity index (χ2v) is 5.99. The molecule has 0 aromatic heterocycles. The molecule has 0 spiro atoms. The molecule has 0 aliphatic heterocycles. The lowest BCUT2D eigenvalue weighted by Crippen LogP contribution is -2.24. The molecule has 1 atom stereocenters. The van der Waals surface area contributed by atoms with Gasteiger partial charge in [0.1, 0.15) is 5.82 Å². The summed E-state index contributed by atoms with van der Waals surface area (Å²) < 4.78 is 13.9. The number of thioether (sulfide) groups is 1. The smallest absolute Gasteiger partial charge is 0.126 e. The number of rotatable bonds is 6. The lowest BCUT2D eigenvalue weighted by Gasteiger charge is -2.22. The number of benzene rings is 2. The summed E-state index contributed by atoms with van der Waals surface area (Å²) in [6.07, 6.45) is 3.12. The van der Waals surface area contributed by atoms with Crippen LogP contribution in [0.25, 0.3) is 0 Å². The maximum atomic E-state index is 13.9. The van der Waals surface area contributed by atoms with E-state index >= 15 is 0 Å². The predicted octanol–water partition coefficient (Wildman–Crippen LogP) is 4.95. The van der Waals surface area contributed by atoms with Gasteiger partial charge in [-0.25, -0.2) is 4.39 Å². The van der Waals surface area contributed by atoms with Gasteiger partial charge < -0.3 is 5.32 Å². The molecule has 0 amide bonds. The van der Waals surface area contributed by atoms with E-state index < -0.39 is 0 Å². The molecule has 2 rings (SSSR count). The van der Waals surface area contributed by atoms with Gasteiger partial charge in [0.2, 0.25) is 0 Å². The fourth-order valence-electron chi connectivity index (χ4n) is 2.39. The average Bonchev–Trinajstić information content (AvgIpc) is 2.51. The first-order valence-electron chi connectivity index (χ1n) is 7.29. The highest BCUT2D eigenvalue weighted by Crippen LogP contribution is 2.30. The molecule has 0 bridgehead atoms. The Labute approximate surface area is 131 Å². The summed E-state index contributed by atoms with van der Waals surface area (Å²) in [5, 5.41) is 3.54. The van der Waals surface area contributed by atoms with E-state index in [1.165, 1.54) is 10.5 Å². The van der Waals surface area contributed by atoms with Crippen LogP contribution in [-0.2, 0) is 0 Å². The zero-order valence-electron chi connectivity index (χ0n) is 12.8. The van der Waals surface area contributed by atoms with Crippen molar-refractivity contribution >= 4 is 11.8 Å². The third kappa shape index (κ3) is 3.86. The number of nitrogens with one attached hydrogen (secondary N) is 1. The zero-order chi connectivity index (χ0) is 15.2. The van der Waals surface area contributed by atoms with Crippen molar-refractivity contribution in [1.29, 1.82) is 0 Å². The van der Waals surface area contributed by atoms with Crippen LogP contribution in [0, 0.1) is 12.7 Å². The Morgan fingerprint density at radius 3 is 2.62 bits per heavy atom. The molecule has 2 aromatic carbocycles. The second-order valence-electron chi connectivity index (χ2n) is 5.14. The molecule has 0 radical (unpaired) electrons. The van der Waals surface area contributed by atoms with Gasteiger partial charge in [-0.3, -0.25) is 0 Å². The van der Waals surface area contributed by atoms with Gasteiger partial charge in [-0.05, 0) is 55.0 Å². The standard InChI is InChI=1S/C18H22FNS/c1-4-11-20-18(14-10-9-13(2)16(19)12-14)15-7-5-6-8-17(15)21-3/h5-10,12,18,20H,4,11H2,1-3H3. The van der Waals surface area contributed by atoms with Crippen molar-refractivity contribution < 1.29 is 4.39 Å². The molecule has 3 heteroatoms. The van der Waals surface area contributed by atoms with Crippen LogP contribution in [-0.4, -0.2) is 12.8 Å². The summed E-state index contributed by atoms with van der Waals surface area (Å²) in [7, 11) is 0. The first-order valence-corrected chi connectivity index (χ1v) is 8.52. The number of hydrogen-bond donors (Lipinski definition) is 1. The van der Waals surface area contributed by atoms with Crippen LogP contribution in [0.3, 0.4) is 0 Å². The molecule has 1 N–H and O–H groups in total. The van der Waals surface area contributed by atoms with Crippen molar-refractivity contribution in [2.45, 2.75) is 31.2 Å². The van der Waals surface area contributed by atoms with Crippen molar-refractivity contribution in [2.75, 3.05) is 12.8 Å². The summed E-state index contributed by atoms with van der Waals surface area (Å²) in [5.74, 6) is -0.141. The fourth-order valence-corrected chi connectivity index (χ4v) is 3.03. The fraction of sp³-hybridized carbons (Fsp3) is 0.333. The van der Waals surface area contributed by atoms with Crippen LogP contribution in [0.2, 0.25) is 0 Å². The summed E-state index contributed by atoms with van der Waals surface area (Å²) in [6, 6.07) is 13.9. The molecular weight excluding hydrogens is 281 g/mol. The van der Waals surface area contributed by atoms with Crippen LogP contribution in [0.5, 0.6) is 0 Å². The summed E-state index contributed by atoms with van der Waals surface area (Å²) in [6.45, 7) is 4.84. The van der Waals surface area contributed by atoms with E-state index in [1.54, 1.807) is 24.8 Å². The highest BCUT2D eigenvalue weighted by molar-refractivity contribution is 7.98. The summed E-state index contributed by atoms with van der Waals surface area (Å²) in [4.78, 5) is 1.23. The monoisotopic (exact) mass is 303 g/mol. The molecule has 0 saturated heterocycles. The molecule has 0 aliphatic carbocycles. The van der Waals surface area contributed by atoms with Crippen LogP contribution >= 0.6 is 11.8 Å². The van der Waals surface area contributed by atoms with Gasteiger partial charge >= 0.3 is 0 Å². The third-order valence-corrected chi connectivity index (χ3v) is 4.39. The summed E-state index contributed by atoms with van der Waals surface area (Å²) in [5.41, 5.74) is 2.88. The SMILES string of the molecule is CCCNC(c1ccc(C)c(F)c1)c1ccccc1SC. The lowest BCUT2D eigenvalue weighted by atomic mass is 9.97. The quantitative estimate of drug-likeness (QED) is 0.758. The first-order chi connectivity index (χ1) is 10.2. The van der Waals surface area contributed by atoms with Gasteiger partial charge in [-0.1, -0.05) is 37.3 Å². The molecule has 2 aromatic rings. The van der Waals surface area contributed by atoms with E-state index in [9.17, 15) is 4.39 Å². The van der Waals surface area contributed by atoms with Crippen molar-refractivity contribution in [3.8, 4) is 0 Å². The Bertz CT molecular complexity index is 598. The Balaban J connectivity index is 2.44. The van der Waals surface area contributed by atoms with Crippen LogP contribution in [0.4, 0.5) is 4.39 Å². The second kappa shape index (κ2) is 7.62. The molecule has 21 heavy (non-hydrogen) atoms. The predicted molar refractivity (Wildman–Crippen MR) is 89.5 cm³/mol. The van der Waals surface area contributed by atoms with Gasteiger partial charge in [-0.2, -0.15) is 0 Å². The minimum Gasteiger partial charge on any atom is -0.306 e. The van der Waals surface area contributed by atoms with Gasteiger partial charge in [0.05, 0.1) is 6.04 Å². The minimum absolute atomic E-state index is 0.0312. The number of halogens is 1. The number of hydrogen-bond acceptors (Lipinski definition) is 2. The van der Waals surface area contributed by atoms with Crippen LogP contribution in [0.15, 0.2) is 47.4 Å². The van der Waals surface area contributed by atoms with E-state index in [4.69, 9.17) is 0 Å². The maximum absolute atomic E-state index is 13.9. The highest BCUT2D eigenvalue weighted by Gasteiger charge is 2.17. The van der Waals surface area contributed by atoms with Crippen LogP contribution in [0.1, 0.15) is 36.1 Å². The third-order valence-electron chi connectivity index (χ3n) is 3.58. The van der Waals surface area contributed by atoms with E-state index in [2.05, 4.69) is 30.6 Å². The Morgan fingerprint density at radius 1 is 1.19 bits per heavy atom. The molecule has 0 aliphatic rings. The highest BCUT2D eigenvalue weighted by atomic mass is 32.2. The zero-order valence-corrected chi connectivity index (χ0v) is 13.6. The molecule has 0 fully saturated rings. The van der Waals surface area contributed by atoms with Gasteiger partial charge in [0, 0.05) is 4.90 Å². The van der Waals surface area contributed by atoms with E-state index in [0.717, 1.165) is 18.5 Å². The Kier molecular flexibility index (Phi) is 5.83. The van der Waals surface area contributed by atoms with Crippen molar-refractivity contribution in [2.24, 2.45) is 0 Å². The molecular formula is C18H22FNS. The molecule has 112 valence electrons. The summed E-state index contributed by atoms with van der Waals surface area (Å²) >= 11 is 1.73. The van der Waals surface area contributed by atoms with E-state index in [-0.39, 0.29) is 11.9 Å². The first kappa shape index (κ1) is 16.1. The Morgan fingerprint density at radius 2 is 1.95 bits per heavy atom. The normalized spacial score (nSPS) is 12.4. The lowest BCUT2D eigenvalue weighted by molar-refractivity contribution is 0.578. The largest absolute Gasteiger partial charge is 0.306 e. The molecule has 0 saturated carbocycles. The van der Waals surface area contributed by atoms with E-state index in [0.29, 0.717) is 5.56 Å². The minimum atomic E-state index is -0.141. The van der Waals surface area contributed by atoms with E-state index in [1.807, 2.05) is 24.3 Å². The van der Waals surface area contributed by atoms with Crippen molar-refractivity contribution in [1.82, 2.24) is 5.32 Å².